The Balaban J connectivity index is 1.61. The fourth-order valence-electron chi connectivity index (χ4n) is 2.70. The second-order valence-corrected chi connectivity index (χ2v) is 5.77. The Labute approximate surface area is 152 Å². The van der Waals surface area contributed by atoms with E-state index in [2.05, 4.69) is 20.2 Å². The van der Waals surface area contributed by atoms with Gasteiger partial charge in [0.25, 0.3) is 0 Å². The Hall–Kier alpha value is -3.03. The standard InChI is InChI=1S/C18H23N5O3/c1-3-26-18(24)23-12-10-22(11-13-23)17-19-9-8-16(21-17)20-14-4-6-15(25-2)7-5-14/h4-9H,3,10-13H2,1-2H3,(H,19,20,21). The molecule has 0 spiro atoms. The van der Waals surface area contributed by atoms with Crippen LogP contribution in [0.4, 0.5) is 22.2 Å². The molecule has 1 fully saturated rings. The van der Waals surface area contributed by atoms with Crippen molar-refractivity contribution in [1.82, 2.24) is 14.9 Å². The number of methoxy groups -OCH3 is 1. The average molecular weight is 357 g/mol. The molecule has 8 nitrogen and oxygen atoms in total. The van der Waals surface area contributed by atoms with Crippen LogP contribution in [-0.4, -0.2) is 60.9 Å². The van der Waals surface area contributed by atoms with Gasteiger partial charge in [0.05, 0.1) is 13.7 Å². The third-order valence-electron chi connectivity index (χ3n) is 4.09. The number of carbonyl (C=O) groups is 1. The lowest BCUT2D eigenvalue weighted by Gasteiger charge is -2.34. The van der Waals surface area contributed by atoms with E-state index in [0.717, 1.165) is 11.4 Å². The summed E-state index contributed by atoms with van der Waals surface area (Å²) < 4.78 is 10.2. The molecule has 1 aromatic heterocycles. The lowest BCUT2D eigenvalue weighted by molar-refractivity contribution is 0.105. The molecule has 0 radical (unpaired) electrons. The number of anilines is 3. The Morgan fingerprint density at radius 1 is 1.15 bits per heavy atom. The number of carbonyl (C=O) groups excluding carboxylic acids is 1. The fraction of sp³-hybridized carbons (Fsp3) is 0.389. The van der Waals surface area contributed by atoms with Gasteiger partial charge in [0, 0.05) is 38.1 Å². The molecule has 0 atom stereocenters. The van der Waals surface area contributed by atoms with E-state index in [-0.39, 0.29) is 6.09 Å². The zero-order chi connectivity index (χ0) is 18.4. The van der Waals surface area contributed by atoms with Gasteiger partial charge in [0.1, 0.15) is 11.6 Å². The Morgan fingerprint density at radius 2 is 1.88 bits per heavy atom. The quantitative estimate of drug-likeness (QED) is 0.880. The van der Waals surface area contributed by atoms with Crippen molar-refractivity contribution in [3.8, 4) is 5.75 Å². The molecule has 8 heteroatoms. The molecule has 1 amide bonds. The topological polar surface area (TPSA) is 79.8 Å². The summed E-state index contributed by atoms with van der Waals surface area (Å²) in [6.07, 6.45) is 1.47. The summed E-state index contributed by atoms with van der Waals surface area (Å²) in [5.41, 5.74) is 0.919. The maximum atomic E-state index is 11.8. The van der Waals surface area contributed by atoms with Gasteiger partial charge >= 0.3 is 6.09 Å². The average Bonchev–Trinajstić information content (AvgIpc) is 2.69. The van der Waals surface area contributed by atoms with Gasteiger partial charge < -0.3 is 24.6 Å². The Bertz CT molecular complexity index is 730. The molecule has 0 unspecified atom stereocenters. The van der Waals surface area contributed by atoms with E-state index in [1.807, 2.05) is 37.3 Å². The summed E-state index contributed by atoms with van der Waals surface area (Å²) >= 11 is 0. The van der Waals surface area contributed by atoms with Crippen LogP contribution in [0.15, 0.2) is 36.5 Å². The van der Waals surface area contributed by atoms with Crippen molar-refractivity contribution in [3.63, 3.8) is 0 Å². The maximum Gasteiger partial charge on any atom is 0.409 e. The summed E-state index contributed by atoms with van der Waals surface area (Å²) in [7, 11) is 1.64. The van der Waals surface area contributed by atoms with Crippen LogP contribution in [-0.2, 0) is 4.74 Å². The SMILES string of the molecule is CCOC(=O)N1CCN(c2nccc(Nc3ccc(OC)cc3)n2)CC1. The highest BCUT2D eigenvalue weighted by Crippen LogP contribution is 2.20. The molecule has 0 aliphatic carbocycles. The highest BCUT2D eigenvalue weighted by Gasteiger charge is 2.23. The largest absolute Gasteiger partial charge is 0.497 e. The highest BCUT2D eigenvalue weighted by atomic mass is 16.6. The first-order valence-electron chi connectivity index (χ1n) is 8.60. The smallest absolute Gasteiger partial charge is 0.409 e. The first kappa shape index (κ1) is 17.8. The first-order chi connectivity index (χ1) is 12.7. The van der Waals surface area contributed by atoms with E-state index in [4.69, 9.17) is 9.47 Å². The summed E-state index contributed by atoms with van der Waals surface area (Å²) in [5.74, 6) is 2.17. The van der Waals surface area contributed by atoms with E-state index in [0.29, 0.717) is 44.6 Å². The molecule has 138 valence electrons. The first-order valence-corrected chi connectivity index (χ1v) is 8.60. The molecule has 3 rings (SSSR count). The summed E-state index contributed by atoms with van der Waals surface area (Å²) in [6, 6.07) is 9.46. The second kappa shape index (κ2) is 8.37. The van der Waals surface area contributed by atoms with Gasteiger partial charge in [-0.25, -0.2) is 9.78 Å². The van der Waals surface area contributed by atoms with E-state index < -0.39 is 0 Å². The zero-order valence-electron chi connectivity index (χ0n) is 15.0. The zero-order valence-corrected chi connectivity index (χ0v) is 15.0. The third kappa shape index (κ3) is 4.33. The monoisotopic (exact) mass is 357 g/mol. The number of amides is 1. The van der Waals surface area contributed by atoms with E-state index in [1.54, 1.807) is 18.2 Å². The highest BCUT2D eigenvalue weighted by molar-refractivity contribution is 5.68. The Morgan fingerprint density at radius 3 is 2.54 bits per heavy atom. The van der Waals surface area contributed by atoms with Crippen molar-refractivity contribution in [2.75, 3.05) is 50.1 Å². The summed E-state index contributed by atoms with van der Waals surface area (Å²) in [5, 5.41) is 3.26. The van der Waals surface area contributed by atoms with E-state index >= 15 is 0 Å². The normalized spacial score (nSPS) is 14.1. The van der Waals surface area contributed by atoms with Crippen LogP contribution in [0.2, 0.25) is 0 Å². The van der Waals surface area contributed by atoms with Crippen LogP contribution < -0.4 is 15.0 Å². The van der Waals surface area contributed by atoms with Gasteiger partial charge in [-0.3, -0.25) is 0 Å². The number of nitrogens with zero attached hydrogens (tertiary/aromatic N) is 4. The second-order valence-electron chi connectivity index (χ2n) is 5.77. The minimum Gasteiger partial charge on any atom is -0.497 e. The van der Waals surface area contributed by atoms with Gasteiger partial charge in [-0.1, -0.05) is 0 Å². The summed E-state index contributed by atoms with van der Waals surface area (Å²) in [6.45, 7) is 4.73. The molecule has 0 bridgehead atoms. The molecule has 1 saturated heterocycles. The number of ether oxygens (including phenoxy) is 2. The molecule has 1 aliphatic heterocycles. The number of hydrogen-bond donors (Lipinski definition) is 1. The maximum absolute atomic E-state index is 11.8. The third-order valence-corrected chi connectivity index (χ3v) is 4.09. The van der Waals surface area contributed by atoms with Gasteiger partial charge in [0.2, 0.25) is 5.95 Å². The number of nitrogens with one attached hydrogen (secondary N) is 1. The molecule has 2 heterocycles. The summed E-state index contributed by atoms with van der Waals surface area (Å²) in [4.78, 5) is 24.5. The number of piperazine rings is 1. The Kier molecular flexibility index (Phi) is 5.73. The van der Waals surface area contributed by atoms with Crippen LogP contribution in [0.5, 0.6) is 5.75 Å². The number of aromatic nitrogens is 2. The van der Waals surface area contributed by atoms with Crippen LogP contribution in [0.3, 0.4) is 0 Å². The van der Waals surface area contributed by atoms with Crippen LogP contribution in [0.25, 0.3) is 0 Å². The van der Waals surface area contributed by atoms with Gasteiger partial charge in [-0.05, 0) is 37.3 Å². The van der Waals surface area contributed by atoms with Crippen molar-refractivity contribution >= 4 is 23.5 Å². The van der Waals surface area contributed by atoms with Crippen molar-refractivity contribution < 1.29 is 14.3 Å². The van der Waals surface area contributed by atoms with Crippen LogP contribution >= 0.6 is 0 Å². The fourth-order valence-corrected chi connectivity index (χ4v) is 2.70. The van der Waals surface area contributed by atoms with E-state index in [9.17, 15) is 4.79 Å². The van der Waals surface area contributed by atoms with Gasteiger partial charge in [-0.15, -0.1) is 0 Å². The molecular weight excluding hydrogens is 334 g/mol. The van der Waals surface area contributed by atoms with E-state index in [1.165, 1.54) is 0 Å². The predicted octanol–water partition coefficient (Wildman–Crippen LogP) is 2.51. The molecule has 1 aromatic carbocycles. The van der Waals surface area contributed by atoms with Crippen LogP contribution in [0, 0.1) is 0 Å². The number of rotatable bonds is 5. The lowest BCUT2D eigenvalue weighted by Crippen LogP contribution is -2.49. The number of benzene rings is 1. The number of hydrogen-bond acceptors (Lipinski definition) is 7. The van der Waals surface area contributed by atoms with Crippen molar-refractivity contribution in [2.45, 2.75) is 6.92 Å². The predicted molar refractivity (Wildman–Crippen MR) is 99.1 cm³/mol. The molecule has 2 aromatic rings. The molecular formula is C18H23N5O3. The van der Waals surface area contributed by atoms with Crippen molar-refractivity contribution in [1.29, 1.82) is 0 Å². The lowest BCUT2D eigenvalue weighted by atomic mass is 10.3. The van der Waals surface area contributed by atoms with Crippen molar-refractivity contribution in [3.05, 3.63) is 36.5 Å². The van der Waals surface area contributed by atoms with Gasteiger partial charge in [0.15, 0.2) is 0 Å². The minimum absolute atomic E-state index is 0.261. The van der Waals surface area contributed by atoms with Crippen LogP contribution in [0.1, 0.15) is 6.92 Å². The van der Waals surface area contributed by atoms with Gasteiger partial charge in [-0.2, -0.15) is 4.98 Å². The van der Waals surface area contributed by atoms with Crippen molar-refractivity contribution in [2.24, 2.45) is 0 Å². The molecule has 0 saturated carbocycles. The molecule has 26 heavy (non-hydrogen) atoms. The molecule has 1 N–H and O–H groups in total. The molecule has 1 aliphatic rings. The minimum atomic E-state index is -0.261.